The first-order chi connectivity index (χ1) is 16.8. The molecule has 1 fully saturated rings. The van der Waals surface area contributed by atoms with Crippen molar-refractivity contribution < 1.29 is 17.9 Å². The highest BCUT2D eigenvalue weighted by molar-refractivity contribution is 7.88. The molecule has 9 nitrogen and oxygen atoms in total. The van der Waals surface area contributed by atoms with Crippen molar-refractivity contribution in [3.63, 3.8) is 0 Å². The van der Waals surface area contributed by atoms with Gasteiger partial charge >= 0.3 is 0 Å². The Balaban J connectivity index is 1.75. The van der Waals surface area contributed by atoms with E-state index < -0.39 is 15.9 Å². The summed E-state index contributed by atoms with van der Waals surface area (Å²) in [5.41, 5.74) is 1.49. The van der Waals surface area contributed by atoms with Gasteiger partial charge in [0.2, 0.25) is 15.8 Å². The van der Waals surface area contributed by atoms with E-state index in [2.05, 4.69) is 10.3 Å². The Morgan fingerprint density at radius 1 is 1.20 bits per heavy atom. The zero-order chi connectivity index (χ0) is 25.3. The molecule has 0 aliphatic carbocycles. The Morgan fingerprint density at radius 3 is 2.54 bits per heavy atom. The monoisotopic (exact) mass is 519 g/mol. The number of rotatable bonds is 11. The van der Waals surface area contributed by atoms with Crippen LogP contribution in [0.15, 0.2) is 60.2 Å². The third-order valence-electron chi connectivity index (χ3n) is 5.47. The van der Waals surface area contributed by atoms with Crippen LogP contribution in [0.5, 0.6) is 0 Å². The number of aromatic nitrogens is 1. The summed E-state index contributed by atoms with van der Waals surface area (Å²) >= 11 is 6.03. The lowest BCUT2D eigenvalue weighted by molar-refractivity contribution is -0.116. The Morgan fingerprint density at radius 2 is 1.91 bits per heavy atom. The molecule has 0 radical (unpaired) electrons. The van der Waals surface area contributed by atoms with Crippen LogP contribution in [0.2, 0.25) is 5.02 Å². The van der Waals surface area contributed by atoms with Gasteiger partial charge in [-0.05, 0) is 42.3 Å². The minimum absolute atomic E-state index is 0.0292. The molecular weight excluding hydrogens is 490 g/mol. The van der Waals surface area contributed by atoms with Crippen LogP contribution >= 0.6 is 11.6 Å². The number of carbonyl (C=O) groups excluding carboxylic acids is 1. The van der Waals surface area contributed by atoms with Gasteiger partial charge in [0, 0.05) is 55.5 Å². The predicted molar refractivity (Wildman–Crippen MR) is 137 cm³/mol. The van der Waals surface area contributed by atoms with Crippen molar-refractivity contribution in [3.05, 3.63) is 70.8 Å². The van der Waals surface area contributed by atoms with Gasteiger partial charge in [-0.15, -0.1) is 0 Å². The van der Waals surface area contributed by atoms with Gasteiger partial charge in [-0.2, -0.15) is 4.31 Å². The fraction of sp³-hybridized carbons (Fsp3) is 0.375. The number of amides is 1. The van der Waals surface area contributed by atoms with Gasteiger partial charge in [-0.1, -0.05) is 31.0 Å². The number of anilines is 1. The molecule has 1 aliphatic heterocycles. The van der Waals surface area contributed by atoms with Gasteiger partial charge in [0.25, 0.3) is 5.91 Å². The van der Waals surface area contributed by atoms with Crippen LogP contribution in [0.1, 0.15) is 25.3 Å². The molecule has 0 atom stereocenters. The minimum Gasteiger partial charge on any atom is -0.486 e. The van der Waals surface area contributed by atoms with Crippen molar-refractivity contribution in [2.24, 2.45) is 0 Å². The quantitative estimate of drug-likeness (QED) is 0.203. The number of halogens is 1. The molecular formula is C24H30ClN5O4S. The van der Waals surface area contributed by atoms with Crippen LogP contribution < -0.4 is 5.32 Å². The van der Waals surface area contributed by atoms with E-state index in [9.17, 15) is 13.2 Å². The Hall–Kier alpha value is -2.95. The SMILES string of the molecule is CCCCO/C(C(=O)Nc1cccc(Cl)c1)=C(/C=N)N1CCN(S(=O)(=O)Cc2ccncc2)CC1. The first-order valence-corrected chi connectivity index (χ1v) is 13.4. The summed E-state index contributed by atoms with van der Waals surface area (Å²) < 4.78 is 33.0. The van der Waals surface area contributed by atoms with Crippen LogP contribution in [0, 0.1) is 5.41 Å². The van der Waals surface area contributed by atoms with E-state index in [-0.39, 0.29) is 24.6 Å². The average molecular weight is 520 g/mol. The zero-order valence-electron chi connectivity index (χ0n) is 19.6. The Kier molecular flexibility index (Phi) is 9.64. The van der Waals surface area contributed by atoms with E-state index >= 15 is 0 Å². The molecule has 188 valence electrons. The maximum absolute atomic E-state index is 13.1. The number of nitrogens with zero attached hydrogens (tertiary/aromatic N) is 3. The molecule has 0 unspecified atom stereocenters. The molecule has 1 aromatic heterocycles. The van der Waals surface area contributed by atoms with Gasteiger partial charge in [0.05, 0.1) is 12.4 Å². The van der Waals surface area contributed by atoms with E-state index in [1.54, 1.807) is 48.8 Å². The average Bonchev–Trinajstić information content (AvgIpc) is 2.84. The summed E-state index contributed by atoms with van der Waals surface area (Å²) in [6.45, 7) is 3.47. The van der Waals surface area contributed by atoms with Gasteiger partial charge < -0.3 is 20.4 Å². The Labute approximate surface area is 211 Å². The van der Waals surface area contributed by atoms with Crippen LogP contribution in [0.3, 0.4) is 0 Å². The van der Waals surface area contributed by atoms with E-state index in [1.807, 2.05) is 11.8 Å². The number of carbonyl (C=O) groups is 1. The van der Waals surface area contributed by atoms with Crippen molar-refractivity contribution in [1.82, 2.24) is 14.2 Å². The standard InChI is InChI=1S/C24H30ClN5O4S/c1-2-3-15-34-23(24(31)28-21-6-4-5-20(25)16-21)22(17-26)29-11-13-30(14-12-29)35(32,33)18-19-7-9-27-10-8-19/h4-10,16-17,26H,2-3,11-15,18H2,1H3,(H,28,31)/b23-22-,26-17?. The molecule has 2 N–H and O–H groups in total. The largest absolute Gasteiger partial charge is 0.486 e. The summed E-state index contributed by atoms with van der Waals surface area (Å²) in [4.78, 5) is 18.8. The third kappa shape index (κ3) is 7.51. The number of nitrogens with one attached hydrogen (secondary N) is 2. The second kappa shape index (κ2) is 12.7. The first-order valence-electron chi connectivity index (χ1n) is 11.4. The normalized spacial score (nSPS) is 15.3. The highest BCUT2D eigenvalue weighted by Crippen LogP contribution is 2.20. The molecule has 2 aromatic rings. The molecule has 1 saturated heterocycles. The summed E-state index contributed by atoms with van der Waals surface area (Å²) in [6, 6.07) is 10.1. The van der Waals surface area contributed by atoms with E-state index in [1.165, 1.54) is 4.31 Å². The lowest BCUT2D eigenvalue weighted by Gasteiger charge is -2.36. The fourth-order valence-electron chi connectivity index (χ4n) is 3.62. The van der Waals surface area contributed by atoms with Crippen molar-refractivity contribution in [2.45, 2.75) is 25.5 Å². The molecule has 35 heavy (non-hydrogen) atoms. The van der Waals surface area contributed by atoms with E-state index in [0.29, 0.717) is 41.7 Å². The van der Waals surface area contributed by atoms with Crippen molar-refractivity contribution in [2.75, 3.05) is 38.1 Å². The van der Waals surface area contributed by atoms with Gasteiger partial charge in [-0.25, -0.2) is 8.42 Å². The predicted octanol–water partition coefficient (Wildman–Crippen LogP) is 3.50. The van der Waals surface area contributed by atoms with Crippen LogP contribution in [-0.4, -0.2) is 67.5 Å². The van der Waals surface area contributed by atoms with E-state index in [0.717, 1.165) is 19.1 Å². The second-order valence-corrected chi connectivity index (χ2v) is 10.4. The number of hydrogen-bond acceptors (Lipinski definition) is 7. The highest BCUT2D eigenvalue weighted by atomic mass is 35.5. The number of unbranched alkanes of at least 4 members (excludes halogenated alkanes) is 1. The number of piperazine rings is 1. The maximum Gasteiger partial charge on any atom is 0.293 e. The Bertz CT molecular complexity index is 1150. The molecule has 0 spiro atoms. The molecule has 0 bridgehead atoms. The second-order valence-electron chi connectivity index (χ2n) is 8.02. The number of allylic oxidation sites excluding steroid dienone is 1. The molecule has 1 aliphatic rings. The van der Waals surface area contributed by atoms with Crippen molar-refractivity contribution in [1.29, 1.82) is 5.41 Å². The summed E-state index contributed by atoms with van der Waals surface area (Å²) in [5, 5.41) is 11.3. The summed E-state index contributed by atoms with van der Waals surface area (Å²) in [6.07, 6.45) is 5.86. The minimum atomic E-state index is -3.51. The smallest absolute Gasteiger partial charge is 0.293 e. The number of hydrogen-bond donors (Lipinski definition) is 2. The number of ether oxygens (including phenoxy) is 1. The number of sulfonamides is 1. The maximum atomic E-state index is 13.1. The van der Waals surface area contributed by atoms with Gasteiger partial charge in [0.1, 0.15) is 5.70 Å². The van der Waals surface area contributed by atoms with Crippen LogP contribution in [0.25, 0.3) is 0 Å². The van der Waals surface area contributed by atoms with Gasteiger partial charge in [-0.3, -0.25) is 9.78 Å². The van der Waals surface area contributed by atoms with E-state index in [4.69, 9.17) is 21.7 Å². The third-order valence-corrected chi connectivity index (χ3v) is 7.56. The lowest BCUT2D eigenvalue weighted by atomic mass is 10.2. The molecule has 3 rings (SSSR count). The molecule has 1 amide bonds. The number of benzene rings is 1. The molecule has 11 heteroatoms. The topological polar surface area (TPSA) is 116 Å². The fourth-order valence-corrected chi connectivity index (χ4v) is 5.32. The summed E-state index contributed by atoms with van der Waals surface area (Å²) in [5.74, 6) is -0.563. The highest BCUT2D eigenvalue weighted by Gasteiger charge is 2.30. The van der Waals surface area contributed by atoms with Crippen molar-refractivity contribution >= 4 is 39.4 Å². The first kappa shape index (κ1) is 26.7. The lowest BCUT2D eigenvalue weighted by Crippen LogP contribution is -2.49. The van der Waals surface area contributed by atoms with Gasteiger partial charge in [0.15, 0.2) is 0 Å². The van der Waals surface area contributed by atoms with Crippen LogP contribution in [0.4, 0.5) is 5.69 Å². The molecule has 2 heterocycles. The number of pyridine rings is 1. The molecule has 1 aromatic carbocycles. The molecule has 0 saturated carbocycles. The zero-order valence-corrected chi connectivity index (χ0v) is 21.2. The summed E-state index contributed by atoms with van der Waals surface area (Å²) in [7, 11) is -3.51. The van der Waals surface area contributed by atoms with Crippen LogP contribution in [-0.2, 0) is 25.3 Å². The van der Waals surface area contributed by atoms with Crippen molar-refractivity contribution in [3.8, 4) is 0 Å².